The molecule has 2 aromatic carbocycles. The molecule has 1 heterocycles. The molecular weight excluding hydrogens is 399 g/mol. The van der Waals surface area contributed by atoms with Gasteiger partial charge >= 0.3 is 0 Å². The first kappa shape index (κ1) is 22.1. The van der Waals surface area contributed by atoms with Gasteiger partial charge in [0.1, 0.15) is 18.1 Å². The number of amides is 1. The summed E-state index contributed by atoms with van der Waals surface area (Å²) in [7, 11) is 3.14. The third kappa shape index (κ3) is 5.52. The highest BCUT2D eigenvalue weighted by Gasteiger charge is 2.23. The Morgan fingerprint density at radius 3 is 2.42 bits per heavy atom. The number of aldehydes is 1. The highest BCUT2D eigenvalue weighted by atomic mass is 19.1. The molecule has 0 aliphatic carbocycles. The molecule has 6 nitrogen and oxygen atoms in total. The van der Waals surface area contributed by atoms with Crippen LogP contribution in [0.2, 0.25) is 0 Å². The Morgan fingerprint density at radius 1 is 1.06 bits per heavy atom. The highest BCUT2D eigenvalue weighted by molar-refractivity contribution is 5.97. The van der Waals surface area contributed by atoms with Gasteiger partial charge in [-0.25, -0.2) is 9.37 Å². The minimum absolute atomic E-state index is 0.0684. The van der Waals surface area contributed by atoms with Crippen molar-refractivity contribution in [2.45, 2.75) is 19.8 Å². The van der Waals surface area contributed by atoms with Gasteiger partial charge in [0.15, 0.2) is 12.0 Å². The molecule has 0 N–H and O–H groups in total. The van der Waals surface area contributed by atoms with Crippen LogP contribution in [0.1, 0.15) is 37.5 Å². The number of nitrogens with zero attached hydrogens (tertiary/aromatic N) is 2. The van der Waals surface area contributed by atoms with Gasteiger partial charge in [-0.1, -0.05) is 42.5 Å². The maximum Gasteiger partial charge on any atom is 0.255 e. The van der Waals surface area contributed by atoms with Crippen LogP contribution in [0.5, 0.6) is 5.75 Å². The summed E-state index contributed by atoms with van der Waals surface area (Å²) in [4.78, 5) is 30.3. The van der Waals surface area contributed by atoms with Gasteiger partial charge in [-0.05, 0) is 23.3 Å². The van der Waals surface area contributed by atoms with E-state index in [1.807, 2.05) is 30.3 Å². The zero-order valence-corrected chi connectivity index (χ0v) is 17.4. The van der Waals surface area contributed by atoms with Crippen molar-refractivity contribution in [3.05, 3.63) is 94.6 Å². The maximum absolute atomic E-state index is 13.2. The quantitative estimate of drug-likeness (QED) is 0.487. The van der Waals surface area contributed by atoms with Crippen molar-refractivity contribution >= 4 is 12.2 Å². The van der Waals surface area contributed by atoms with Gasteiger partial charge in [0.2, 0.25) is 0 Å². The van der Waals surface area contributed by atoms with Gasteiger partial charge in [0, 0.05) is 32.5 Å². The lowest BCUT2D eigenvalue weighted by Crippen LogP contribution is -2.28. The summed E-state index contributed by atoms with van der Waals surface area (Å²) in [6, 6.07) is 15.4. The van der Waals surface area contributed by atoms with E-state index < -0.39 is 0 Å². The van der Waals surface area contributed by atoms with Gasteiger partial charge in [-0.3, -0.25) is 9.59 Å². The van der Waals surface area contributed by atoms with E-state index >= 15 is 0 Å². The average Bonchev–Trinajstić information content (AvgIpc) is 2.79. The minimum atomic E-state index is -0.339. The number of ether oxygens (including phenoxy) is 2. The summed E-state index contributed by atoms with van der Waals surface area (Å²) >= 11 is 0. The molecule has 0 atom stereocenters. The molecule has 160 valence electrons. The van der Waals surface area contributed by atoms with Gasteiger partial charge in [0.25, 0.3) is 5.91 Å². The van der Waals surface area contributed by atoms with Gasteiger partial charge in [-0.15, -0.1) is 0 Å². The van der Waals surface area contributed by atoms with Crippen molar-refractivity contribution in [3.8, 4) is 5.75 Å². The Kier molecular flexibility index (Phi) is 7.45. The van der Waals surface area contributed by atoms with Crippen molar-refractivity contribution in [1.29, 1.82) is 0 Å². The number of halogens is 1. The first-order valence-corrected chi connectivity index (χ1v) is 9.66. The minimum Gasteiger partial charge on any atom is -0.486 e. The Balaban J connectivity index is 1.90. The van der Waals surface area contributed by atoms with Crippen molar-refractivity contribution in [2.75, 3.05) is 14.2 Å². The van der Waals surface area contributed by atoms with E-state index in [4.69, 9.17) is 9.47 Å². The molecule has 1 amide bonds. The van der Waals surface area contributed by atoms with E-state index in [0.29, 0.717) is 11.8 Å². The molecule has 0 radical (unpaired) electrons. The normalized spacial score (nSPS) is 10.5. The molecule has 0 bridgehead atoms. The predicted octanol–water partition coefficient (Wildman–Crippen LogP) is 4.03. The number of hydrogen-bond acceptors (Lipinski definition) is 5. The van der Waals surface area contributed by atoms with Crippen LogP contribution in [0, 0.1) is 5.82 Å². The van der Waals surface area contributed by atoms with Gasteiger partial charge in [-0.2, -0.15) is 0 Å². The van der Waals surface area contributed by atoms with Crippen molar-refractivity contribution in [1.82, 2.24) is 9.88 Å². The molecule has 1 aromatic heterocycles. The zero-order chi connectivity index (χ0) is 22.2. The maximum atomic E-state index is 13.2. The van der Waals surface area contributed by atoms with Crippen LogP contribution in [-0.2, 0) is 24.5 Å². The largest absolute Gasteiger partial charge is 0.486 e. The molecule has 0 saturated carbocycles. The summed E-state index contributed by atoms with van der Waals surface area (Å²) < 4.78 is 24.4. The number of benzene rings is 2. The Labute approximate surface area is 180 Å². The highest BCUT2D eigenvalue weighted by Crippen LogP contribution is 2.28. The number of methoxy groups -OCH3 is 1. The van der Waals surface area contributed by atoms with Crippen LogP contribution in [0.3, 0.4) is 0 Å². The number of pyridine rings is 1. The van der Waals surface area contributed by atoms with Crippen molar-refractivity contribution in [2.24, 2.45) is 0 Å². The van der Waals surface area contributed by atoms with Crippen LogP contribution in [0.15, 0.2) is 60.8 Å². The lowest BCUT2D eigenvalue weighted by molar-refractivity contribution is 0.0777. The molecule has 31 heavy (non-hydrogen) atoms. The summed E-state index contributed by atoms with van der Waals surface area (Å²) in [5, 5.41) is 0. The first-order valence-electron chi connectivity index (χ1n) is 9.66. The smallest absolute Gasteiger partial charge is 0.255 e. The van der Waals surface area contributed by atoms with E-state index in [-0.39, 0.29) is 48.5 Å². The van der Waals surface area contributed by atoms with E-state index in [0.717, 1.165) is 11.1 Å². The van der Waals surface area contributed by atoms with Crippen molar-refractivity contribution in [3.63, 3.8) is 0 Å². The SMILES string of the molecule is COCc1c(C(=O)N(C)Cc2ccc(F)cc2)cnc(C=O)c1OCc1ccccc1. The molecular formula is C24H23FN2O4. The number of carbonyl (C=O) groups excluding carboxylic acids is 2. The van der Waals surface area contributed by atoms with Crippen LogP contribution in [-0.4, -0.2) is 36.2 Å². The van der Waals surface area contributed by atoms with Crippen LogP contribution < -0.4 is 4.74 Å². The van der Waals surface area contributed by atoms with Crippen LogP contribution in [0.4, 0.5) is 4.39 Å². The lowest BCUT2D eigenvalue weighted by atomic mass is 10.1. The number of hydrogen-bond donors (Lipinski definition) is 0. The van der Waals surface area contributed by atoms with Gasteiger partial charge in [0.05, 0.1) is 12.2 Å². The fourth-order valence-corrected chi connectivity index (χ4v) is 3.14. The molecule has 3 rings (SSSR count). The Bertz CT molecular complexity index is 1040. The monoisotopic (exact) mass is 422 g/mol. The summed E-state index contributed by atoms with van der Waals surface area (Å²) in [6.07, 6.45) is 1.95. The number of rotatable bonds is 9. The van der Waals surface area contributed by atoms with E-state index in [1.165, 1.54) is 30.3 Å². The average molecular weight is 422 g/mol. The third-order valence-corrected chi connectivity index (χ3v) is 4.70. The topological polar surface area (TPSA) is 68.7 Å². The molecule has 0 fully saturated rings. The van der Waals surface area contributed by atoms with Crippen LogP contribution in [0.25, 0.3) is 0 Å². The third-order valence-electron chi connectivity index (χ3n) is 4.70. The molecule has 0 unspecified atom stereocenters. The predicted molar refractivity (Wildman–Crippen MR) is 113 cm³/mol. The zero-order valence-electron chi connectivity index (χ0n) is 17.4. The van der Waals surface area contributed by atoms with E-state index in [1.54, 1.807) is 19.2 Å². The van der Waals surface area contributed by atoms with Gasteiger partial charge < -0.3 is 14.4 Å². The fraction of sp³-hybridized carbons (Fsp3) is 0.208. The molecule has 0 aliphatic heterocycles. The molecule has 3 aromatic rings. The van der Waals surface area contributed by atoms with E-state index in [2.05, 4.69) is 4.98 Å². The Morgan fingerprint density at radius 2 is 1.77 bits per heavy atom. The number of aromatic nitrogens is 1. The fourth-order valence-electron chi connectivity index (χ4n) is 3.14. The number of carbonyl (C=O) groups is 2. The molecule has 0 spiro atoms. The van der Waals surface area contributed by atoms with Crippen LogP contribution >= 0.6 is 0 Å². The molecule has 7 heteroatoms. The second kappa shape index (κ2) is 10.4. The molecule has 0 aliphatic rings. The second-order valence-corrected chi connectivity index (χ2v) is 6.98. The second-order valence-electron chi connectivity index (χ2n) is 6.98. The Hall–Kier alpha value is -3.58. The summed E-state index contributed by atoms with van der Waals surface area (Å²) in [5.74, 6) is -0.429. The lowest BCUT2D eigenvalue weighted by Gasteiger charge is -2.21. The summed E-state index contributed by atoms with van der Waals surface area (Å²) in [5.41, 5.74) is 2.52. The first-order chi connectivity index (χ1) is 15.0. The van der Waals surface area contributed by atoms with E-state index in [9.17, 15) is 14.0 Å². The standard InChI is InChI=1S/C24H23FN2O4/c1-27(13-17-8-10-19(25)11-9-17)24(29)20-12-26-22(14-28)23(21(20)16-30-2)31-15-18-6-4-3-5-7-18/h3-12,14H,13,15-16H2,1-2H3. The summed E-state index contributed by atoms with van der Waals surface area (Å²) in [6.45, 7) is 0.559. The molecule has 0 saturated heterocycles. The van der Waals surface area contributed by atoms with Crippen molar-refractivity contribution < 1.29 is 23.5 Å².